The van der Waals surface area contributed by atoms with Crippen LogP contribution in [0.3, 0.4) is 0 Å². The minimum atomic E-state index is -3.77. The van der Waals surface area contributed by atoms with Crippen molar-refractivity contribution in [3.63, 3.8) is 0 Å². The van der Waals surface area contributed by atoms with Crippen molar-refractivity contribution < 1.29 is 13.2 Å². The third-order valence-electron chi connectivity index (χ3n) is 4.16. The van der Waals surface area contributed by atoms with E-state index in [-0.39, 0.29) is 10.7 Å². The second-order valence-corrected chi connectivity index (χ2v) is 8.12. The third kappa shape index (κ3) is 4.90. The first-order valence-corrected chi connectivity index (χ1v) is 10.1. The topological polar surface area (TPSA) is 63.2 Å². The van der Waals surface area contributed by atoms with Crippen LogP contribution in [0, 0.1) is 13.8 Å². The first kappa shape index (κ1) is 20.1. The fourth-order valence-electron chi connectivity index (χ4n) is 2.70. The van der Waals surface area contributed by atoms with Crippen molar-refractivity contribution in [3.8, 4) is 0 Å². The number of carbonyl (C=O) groups is 1. The molecular weight excluding hydrogens is 346 g/mol. The molecule has 1 atom stereocenters. The molecule has 26 heavy (non-hydrogen) atoms. The summed E-state index contributed by atoms with van der Waals surface area (Å²) in [6, 6.07) is 13.4. The predicted octanol–water partition coefficient (Wildman–Crippen LogP) is 4.25. The van der Waals surface area contributed by atoms with Gasteiger partial charge in [0.25, 0.3) is 0 Å². The summed E-state index contributed by atoms with van der Waals surface area (Å²) in [6.45, 7) is 7.24. The van der Waals surface area contributed by atoms with Gasteiger partial charge in [-0.2, -0.15) is 4.72 Å². The van der Waals surface area contributed by atoms with Crippen LogP contribution in [0.15, 0.2) is 65.1 Å². The van der Waals surface area contributed by atoms with Crippen molar-refractivity contribution in [2.24, 2.45) is 0 Å². The first-order chi connectivity index (χ1) is 12.2. The number of nitrogens with one attached hydrogen (secondary N) is 1. The standard InChI is InChI=1S/C21H25NO3S/c1-5-6-20(17(4)23)21(18-11-7-15(2)8-12-18)22-26(24,25)19-13-9-16(3)10-14-19/h6-14,21-22H,5H2,1-4H3/b20-6+. The van der Waals surface area contributed by atoms with E-state index < -0.39 is 16.1 Å². The number of ketones is 1. The Kier molecular flexibility index (Phi) is 6.51. The Bertz CT molecular complexity index is 895. The molecule has 0 radical (unpaired) electrons. The maximum atomic E-state index is 12.9. The van der Waals surface area contributed by atoms with Crippen LogP contribution in [0.2, 0.25) is 0 Å². The molecule has 1 N–H and O–H groups in total. The molecule has 0 aliphatic carbocycles. The minimum Gasteiger partial charge on any atom is -0.295 e. The van der Waals surface area contributed by atoms with E-state index in [1.54, 1.807) is 30.3 Å². The molecule has 2 rings (SSSR count). The van der Waals surface area contributed by atoms with Crippen molar-refractivity contribution in [2.75, 3.05) is 0 Å². The minimum absolute atomic E-state index is 0.149. The van der Waals surface area contributed by atoms with Crippen molar-refractivity contribution in [3.05, 3.63) is 76.9 Å². The van der Waals surface area contributed by atoms with Gasteiger partial charge in [-0.3, -0.25) is 4.79 Å². The number of aryl methyl sites for hydroxylation is 2. The highest BCUT2D eigenvalue weighted by Crippen LogP contribution is 2.26. The van der Waals surface area contributed by atoms with Gasteiger partial charge >= 0.3 is 0 Å². The van der Waals surface area contributed by atoms with E-state index >= 15 is 0 Å². The fraction of sp³-hybridized carbons (Fsp3) is 0.286. The highest BCUT2D eigenvalue weighted by Gasteiger charge is 2.26. The summed E-state index contributed by atoms with van der Waals surface area (Å²) < 4.78 is 28.5. The van der Waals surface area contributed by atoms with Gasteiger partial charge in [-0.25, -0.2) is 8.42 Å². The molecule has 2 aromatic rings. The Labute approximate surface area is 156 Å². The third-order valence-corrected chi connectivity index (χ3v) is 5.60. The average Bonchev–Trinajstić information content (AvgIpc) is 2.59. The predicted molar refractivity (Wildman–Crippen MR) is 104 cm³/mol. The molecule has 4 nitrogen and oxygen atoms in total. The van der Waals surface area contributed by atoms with Gasteiger partial charge in [0.2, 0.25) is 10.0 Å². The van der Waals surface area contributed by atoms with Crippen molar-refractivity contribution >= 4 is 15.8 Å². The van der Waals surface area contributed by atoms with Gasteiger partial charge in [0.1, 0.15) is 0 Å². The molecule has 0 aliphatic heterocycles. The molecule has 138 valence electrons. The zero-order chi connectivity index (χ0) is 19.3. The smallest absolute Gasteiger partial charge is 0.241 e. The van der Waals surface area contributed by atoms with Crippen LogP contribution in [0.5, 0.6) is 0 Å². The average molecular weight is 372 g/mol. The number of Topliss-reactive ketones (excluding diaryl/α,β-unsaturated/α-hetero) is 1. The second kappa shape index (κ2) is 8.43. The summed E-state index contributed by atoms with van der Waals surface area (Å²) in [6.07, 6.45) is 2.42. The molecule has 0 amide bonds. The molecule has 0 saturated heterocycles. The SMILES string of the molecule is CC/C=C(\C(C)=O)C(NS(=O)(=O)c1ccc(C)cc1)c1ccc(C)cc1. The van der Waals surface area contributed by atoms with E-state index in [0.29, 0.717) is 12.0 Å². The zero-order valence-electron chi connectivity index (χ0n) is 15.6. The molecular formula is C21H25NO3S. The highest BCUT2D eigenvalue weighted by molar-refractivity contribution is 7.89. The van der Waals surface area contributed by atoms with Gasteiger partial charge in [0, 0.05) is 5.57 Å². The largest absolute Gasteiger partial charge is 0.295 e. The highest BCUT2D eigenvalue weighted by atomic mass is 32.2. The van der Waals surface area contributed by atoms with Crippen LogP contribution in [0.1, 0.15) is 43.0 Å². The van der Waals surface area contributed by atoms with Gasteiger partial charge < -0.3 is 0 Å². The Morgan fingerprint density at radius 1 is 1.00 bits per heavy atom. The quantitative estimate of drug-likeness (QED) is 0.740. The zero-order valence-corrected chi connectivity index (χ0v) is 16.4. The fourth-order valence-corrected chi connectivity index (χ4v) is 3.90. The Morgan fingerprint density at radius 2 is 1.50 bits per heavy atom. The molecule has 2 aromatic carbocycles. The summed E-state index contributed by atoms with van der Waals surface area (Å²) in [5, 5.41) is 0. The number of sulfonamides is 1. The number of hydrogen-bond donors (Lipinski definition) is 1. The van der Waals surface area contributed by atoms with Crippen LogP contribution < -0.4 is 4.72 Å². The number of rotatable bonds is 7. The molecule has 5 heteroatoms. The Morgan fingerprint density at radius 3 is 1.96 bits per heavy atom. The first-order valence-electron chi connectivity index (χ1n) is 8.61. The molecule has 1 unspecified atom stereocenters. The van der Waals surface area contributed by atoms with E-state index in [4.69, 9.17) is 0 Å². The van der Waals surface area contributed by atoms with Crippen LogP contribution in [-0.2, 0) is 14.8 Å². The van der Waals surface area contributed by atoms with Gasteiger partial charge in [-0.05, 0) is 44.9 Å². The number of allylic oxidation sites excluding steroid dienone is 1. The van der Waals surface area contributed by atoms with E-state index in [2.05, 4.69) is 4.72 Å². The maximum Gasteiger partial charge on any atom is 0.241 e. The van der Waals surface area contributed by atoms with Crippen molar-refractivity contribution in [1.29, 1.82) is 0 Å². The normalized spacial score (nSPS) is 13.5. The van der Waals surface area contributed by atoms with Gasteiger partial charge in [0.15, 0.2) is 5.78 Å². The number of hydrogen-bond acceptors (Lipinski definition) is 3. The van der Waals surface area contributed by atoms with E-state index in [1.807, 2.05) is 45.0 Å². The van der Waals surface area contributed by atoms with Crippen LogP contribution in [0.25, 0.3) is 0 Å². The van der Waals surface area contributed by atoms with Gasteiger partial charge in [0.05, 0.1) is 10.9 Å². The lowest BCUT2D eigenvalue weighted by molar-refractivity contribution is -0.113. The van der Waals surface area contributed by atoms with Crippen LogP contribution >= 0.6 is 0 Å². The van der Waals surface area contributed by atoms with E-state index in [0.717, 1.165) is 16.7 Å². The summed E-state index contributed by atoms with van der Waals surface area (Å²) >= 11 is 0. The number of carbonyl (C=O) groups excluding carboxylic acids is 1. The lowest BCUT2D eigenvalue weighted by Gasteiger charge is -2.21. The van der Waals surface area contributed by atoms with Crippen molar-refractivity contribution in [2.45, 2.75) is 45.1 Å². The summed E-state index contributed by atoms with van der Waals surface area (Å²) in [4.78, 5) is 12.4. The monoisotopic (exact) mass is 371 g/mol. The molecule has 0 saturated carbocycles. The molecule has 0 aliphatic rings. The summed E-state index contributed by atoms with van der Waals surface area (Å²) in [7, 11) is -3.77. The van der Waals surface area contributed by atoms with Gasteiger partial charge in [-0.1, -0.05) is 60.5 Å². The maximum absolute atomic E-state index is 12.9. The lowest BCUT2D eigenvalue weighted by Crippen LogP contribution is -2.31. The second-order valence-electron chi connectivity index (χ2n) is 6.40. The summed E-state index contributed by atoms with van der Waals surface area (Å²) in [5.41, 5.74) is 3.24. The molecule has 0 spiro atoms. The molecule has 0 bridgehead atoms. The van der Waals surface area contributed by atoms with E-state index in [9.17, 15) is 13.2 Å². The Hall–Kier alpha value is -2.24. The molecule has 0 heterocycles. The molecule has 0 aromatic heterocycles. The van der Waals surface area contributed by atoms with E-state index in [1.165, 1.54) is 6.92 Å². The van der Waals surface area contributed by atoms with Crippen LogP contribution in [-0.4, -0.2) is 14.2 Å². The molecule has 0 fully saturated rings. The van der Waals surface area contributed by atoms with Crippen molar-refractivity contribution in [1.82, 2.24) is 4.72 Å². The Balaban J connectivity index is 2.49. The summed E-state index contributed by atoms with van der Waals surface area (Å²) in [5.74, 6) is -0.149. The van der Waals surface area contributed by atoms with Crippen LogP contribution in [0.4, 0.5) is 0 Å². The lowest BCUT2D eigenvalue weighted by atomic mass is 9.95. The van der Waals surface area contributed by atoms with Gasteiger partial charge in [-0.15, -0.1) is 0 Å². The number of benzene rings is 2.